The molecule has 1 N–H and O–H groups in total. The van der Waals surface area contributed by atoms with Gasteiger partial charge in [0.1, 0.15) is 5.82 Å². The van der Waals surface area contributed by atoms with Crippen LogP contribution in [-0.4, -0.2) is 27.4 Å². The van der Waals surface area contributed by atoms with Crippen LogP contribution in [0.15, 0.2) is 33.9 Å². The monoisotopic (exact) mass is 377 g/mol. The third-order valence-corrected chi connectivity index (χ3v) is 6.13. The lowest BCUT2D eigenvalue weighted by Crippen LogP contribution is -2.46. The number of nitrogens with one attached hydrogen (secondary N) is 1. The van der Waals surface area contributed by atoms with E-state index >= 15 is 0 Å². The van der Waals surface area contributed by atoms with Crippen molar-refractivity contribution in [1.82, 2.24) is 15.5 Å². The minimum Gasteiger partial charge on any atom is -0.411 e. The van der Waals surface area contributed by atoms with Gasteiger partial charge in [0.15, 0.2) is 0 Å². The van der Waals surface area contributed by atoms with Crippen LogP contribution in [0, 0.1) is 17.7 Å². The number of halogens is 1. The number of carbonyl (C=O) groups excluding carboxylic acids is 1. The number of hydrogen-bond donors (Lipinski definition) is 1. The Labute approximate surface area is 157 Å². The van der Waals surface area contributed by atoms with E-state index in [-0.39, 0.29) is 33.9 Å². The minimum absolute atomic E-state index is 0.0356. The van der Waals surface area contributed by atoms with Crippen molar-refractivity contribution in [1.29, 1.82) is 0 Å². The van der Waals surface area contributed by atoms with Gasteiger partial charge in [-0.05, 0) is 37.3 Å². The summed E-state index contributed by atoms with van der Waals surface area (Å²) in [5.41, 5.74) is 0.258. The average Bonchev–Trinajstić information content (AvgIpc) is 3.07. The SMILES string of the molecule is C[C@@H]1[C@H](C)CCC[C@@H]1NC(=O)[C@@H](C)Sc1nnc(-c2ccccc2F)o1. The van der Waals surface area contributed by atoms with Crippen LogP contribution in [0.4, 0.5) is 4.39 Å². The van der Waals surface area contributed by atoms with Gasteiger partial charge < -0.3 is 9.73 Å². The van der Waals surface area contributed by atoms with E-state index in [0.717, 1.165) is 12.8 Å². The summed E-state index contributed by atoms with van der Waals surface area (Å²) in [5.74, 6) is 0.760. The van der Waals surface area contributed by atoms with Crippen LogP contribution >= 0.6 is 11.8 Å². The average molecular weight is 377 g/mol. The number of carbonyl (C=O) groups is 1. The van der Waals surface area contributed by atoms with Crippen LogP contribution < -0.4 is 5.32 Å². The van der Waals surface area contributed by atoms with Crippen molar-refractivity contribution in [2.45, 2.75) is 56.5 Å². The van der Waals surface area contributed by atoms with Crippen molar-refractivity contribution in [3.05, 3.63) is 30.1 Å². The highest BCUT2D eigenvalue weighted by Crippen LogP contribution is 2.31. The minimum atomic E-state index is -0.418. The van der Waals surface area contributed by atoms with Crippen molar-refractivity contribution in [3.63, 3.8) is 0 Å². The fraction of sp³-hybridized carbons (Fsp3) is 0.526. The fourth-order valence-electron chi connectivity index (χ4n) is 3.29. The summed E-state index contributed by atoms with van der Waals surface area (Å²) < 4.78 is 19.3. The van der Waals surface area contributed by atoms with Crippen LogP contribution in [0.3, 0.4) is 0 Å². The molecular formula is C19H24FN3O2S. The lowest BCUT2D eigenvalue weighted by molar-refractivity contribution is -0.121. The van der Waals surface area contributed by atoms with Gasteiger partial charge >= 0.3 is 0 Å². The standard InChI is InChI=1S/C19H24FN3O2S/c1-11-7-6-10-16(12(11)2)21-17(24)13(3)26-19-23-22-18(25-19)14-8-4-5-9-15(14)20/h4-5,8-9,11-13,16H,6-7,10H2,1-3H3,(H,21,24)/t11-,12-,13-,16+/m1/s1. The molecule has 0 bridgehead atoms. The van der Waals surface area contributed by atoms with Gasteiger partial charge in [0.2, 0.25) is 5.91 Å². The highest BCUT2D eigenvalue weighted by atomic mass is 32.2. The molecule has 1 amide bonds. The molecule has 1 aliphatic carbocycles. The van der Waals surface area contributed by atoms with Crippen LogP contribution in [0.5, 0.6) is 0 Å². The number of benzene rings is 1. The zero-order chi connectivity index (χ0) is 18.7. The van der Waals surface area contributed by atoms with E-state index in [9.17, 15) is 9.18 Å². The Morgan fingerprint density at radius 1 is 1.31 bits per heavy atom. The summed E-state index contributed by atoms with van der Waals surface area (Å²) >= 11 is 1.19. The van der Waals surface area contributed by atoms with Gasteiger partial charge in [-0.1, -0.05) is 50.6 Å². The van der Waals surface area contributed by atoms with E-state index in [0.29, 0.717) is 11.8 Å². The van der Waals surface area contributed by atoms with E-state index in [2.05, 4.69) is 29.4 Å². The molecule has 2 aromatic rings. The Morgan fingerprint density at radius 3 is 2.85 bits per heavy atom. The summed E-state index contributed by atoms with van der Waals surface area (Å²) in [6.07, 6.45) is 3.39. The van der Waals surface area contributed by atoms with Crippen LogP contribution in [-0.2, 0) is 4.79 Å². The van der Waals surface area contributed by atoms with Crippen molar-refractivity contribution < 1.29 is 13.6 Å². The summed E-state index contributed by atoms with van der Waals surface area (Å²) in [7, 11) is 0. The topological polar surface area (TPSA) is 68.0 Å². The highest BCUT2D eigenvalue weighted by molar-refractivity contribution is 8.00. The van der Waals surface area contributed by atoms with Gasteiger partial charge in [-0.15, -0.1) is 10.2 Å². The summed E-state index contributed by atoms with van der Waals surface area (Å²) in [5, 5.41) is 10.9. The predicted molar refractivity (Wildman–Crippen MR) is 99.1 cm³/mol. The van der Waals surface area contributed by atoms with Gasteiger partial charge in [-0.2, -0.15) is 0 Å². The van der Waals surface area contributed by atoms with E-state index < -0.39 is 5.82 Å². The van der Waals surface area contributed by atoms with Crippen molar-refractivity contribution in [2.75, 3.05) is 0 Å². The molecule has 1 saturated carbocycles. The molecule has 0 spiro atoms. The number of nitrogens with zero attached hydrogens (tertiary/aromatic N) is 2. The maximum absolute atomic E-state index is 13.8. The fourth-order valence-corrected chi connectivity index (χ4v) is 3.98. The Morgan fingerprint density at radius 2 is 2.08 bits per heavy atom. The Balaban J connectivity index is 1.60. The second-order valence-corrected chi connectivity index (χ2v) is 8.29. The Kier molecular flexibility index (Phi) is 5.96. The molecule has 0 aliphatic heterocycles. The zero-order valence-corrected chi connectivity index (χ0v) is 16.1. The zero-order valence-electron chi connectivity index (χ0n) is 15.2. The highest BCUT2D eigenvalue weighted by Gasteiger charge is 2.30. The normalized spacial score (nSPS) is 24.2. The van der Waals surface area contributed by atoms with Gasteiger partial charge in [-0.25, -0.2) is 4.39 Å². The summed E-state index contributed by atoms with van der Waals surface area (Å²) in [6.45, 7) is 6.25. The molecule has 0 unspecified atom stereocenters. The van der Waals surface area contributed by atoms with Crippen LogP contribution in [0.2, 0.25) is 0 Å². The van der Waals surface area contributed by atoms with Gasteiger partial charge in [0.25, 0.3) is 11.1 Å². The van der Waals surface area contributed by atoms with E-state index in [1.54, 1.807) is 18.2 Å². The van der Waals surface area contributed by atoms with Gasteiger partial charge in [0, 0.05) is 6.04 Å². The molecule has 0 radical (unpaired) electrons. The van der Waals surface area contributed by atoms with Gasteiger partial charge in [-0.3, -0.25) is 4.79 Å². The lowest BCUT2D eigenvalue weighted by atomic mass is 9.78. The molecule has 7 heteroatoms. The molecule has 1 aliphatic rings. The third kappa shape index (κ3) is 4.26. The van der Waals surface area contributed by atoms with Crippen LogP contribution in [0.1, 0.15) is 40.0 Å². The molecular weight excluding hydrogens is 353 g/mol. The van der Waals surface area contributed by atoms with Gasteiger partial charge in [0.05, 0.1) is 10.8 Å². The quantitative estimate of drug-likeness (QED) is 0.787. The molecule has 5 nitrogen and oxygen atoms in total. The summed E-state index contributed by atoms with van der Waals surface area (Å²) in [4.78, 5) is 12.5. The molecule has 26 heavy (non-hydrogen) atoms. The molecule has 1 aromatic carbocycles. The first-order valence-corrected chi connectivity index (χ1v) is 9.89. The molecule has 4 atom stereocenters. The number of aromatic nitrogens is 2. The second-order valence-electron chi connectivity index (χ2n) is 7.00. The lowest BCUT2D eigenvalue weighted by Gasteiger charge is -2.35. The molecule has 3 rings (SSSR count). The maximum atomic E-state index is 13.8. The Hall–Kier alpha value is -1.89. The van der Waals surface area contributed by atoms with E-state index in [1.807, 2.05) is 6.92 Å². The van der Waals surface area contributed by atoms with E-state index in [4.69, 9.17) is 4.42 Å². The predicted octanol–water partition coefficient (Wildman–Crippen LogP) is 4.30. The van der Waals surface area contributed by atoms with Crippen molar-refractivity contribution in [2.24, 2.45) is 11.8 Å². The maximum Gasteiger partial charge on any atom is 0.277 e. The number of rotatable bonds is 5. The molecule has 140 valence electrons. The molecule has 1 fully saturated rings. The molecule has 1 aromatic heterocycles. The third-order valence-electron chi connectivity index (χ3n) is 5.19. The van der Waals surface area contributed by atoms with Crippen molar-refractivity contribution in [3.8, 4) is 11.5 Å². The largest absolute Gasteiger partial charge is 0.411 e. The molecule has 0 saturated heterocycles. The smallest absolute Gasteiger partial charge is 0.277 e. The first-order valence-electron chi connectivity index (χ1n) is 9.01. The Bertz CT molecular complexity index is 767. The number of hydrogen-bond acceptors (Lipinski definition) is 5. The van der Waals surface area contributed by atoms with Crippen molar-refractivity contribution >= 4 is 17.7 Å². The molecule has 1 heterocycles. The second kappa shape index (κ2) is 8.20. The van der Waals surface area contributed by atoms with Crippen LogP contribution in [0.25, 0.3) is 11.5 Å². The first kappa shape index (κ1) is 18.9. The number of thioether (sulfide) groups is 1. The van der Waals surface area contributed by atoms with E-state index in [1.165, 1.54) is 24.2 Å². The summed E-state index contributed by atoms with van der Waals surface area (Å²) in [6, 6.07) is 6.45. The first-order chi connectivity index (χ1) is 12.5. The number of amides is 1.